The molecular weight excluding hydrogens is 310 g/mol. The van der Waals surface area contributed by atoms with Crippen LogP contribution < -0.4 is 5.32 Å². The van der Waals surface area contributed by atoms with Crippen molar-refractivity contribution in [1.29, 1.82) is 0 Å². The quantitative estimate of drug-likeness (QED) is 0.583. The highest BCUT2D eigenvalue weighted by Gasteiger charge is 2.10. The Labute approximate surface area is 146 Å². The number of nitrogens with zero attached hydrogens (tertiary/aromatic N) is 4. The molecule has 0 aliphatic carbocycles. The van der Waals surface area contributed by atoms with Crippen LogP contribution in [0, 0.1) is 0 Å². The van der Waals surface area contributed by atoms with Gasteiger partial charge in [0.2, 0.25) is 0 Å². The first-order chi connectivity index (χ1) is 10.9. The van der Waals surface area contributed by atoms with E-state index in [2.05, 4.69) is 54.6 Å². The molecule has 132 valence electrons. The van der Waals surface area contributed by atoms with Crippen LogP contribution in [0.25, 0.3) is 0 Å². The summed E-state index contributed by atoms with van der Waals surface area (Å²) in [7, 11) is 6.23. The third-order valence-corrected chi connectivity index (χ3v) is 4.43. The lowest BCUT2D eigenvalue weighted by molar-refractivity contribution is 0.258. The Kier molecular flexibility index (Phi) is 8.48. The molecule has 1 heterocycles. The molecule has 0 aromatic carbocycles. The molecule has 0 saturated carbocycles. The minimum atomic E-state index is 0.594. The summed E-state index contributed by atoms with van der Waals surface area (Å²) in [6.07, 6.45) is 3.09. The summed E-state index contributed by atoms with van der Waals surface area (Å²) in [5.74, 6) is 0.933. The van der Waals surface area contributed by atoms with Gasteiger partial charge in [0.15, 0.2) is 5.96 Å². The number of likely N-dealkylation sites (N-methyl/N-ethyl adjacent to an activating group) is 1. The van der Waals surface area contributed by atoms with Crippen molar-refractivity contribution in [3.05, 3.63) is 23.0 Å². The van der Waals surface area contributed by atoms with E-state index in [4.69, 9.17) is 16.6 Å². The summed E-state index contributed by atoms with van der Waals surface area (Å²) < 4.78 is 2.05. The maximum absolute atomic E-state index is 6.06. The summed E-state index contributed by atoms with van der Waals surface area (Å²) in [4.78, 5) is 9.24. The van der Waals surface area contributed by atoms with Gasteiger partial charge < -0.3 is 19.7 Å². The van der Waals surface area contributed by atoms with E-state index in [9.17, 15) is 0 Å². The van der Waals surface area contributed by atoms with Crippen LogP contribution in [0.15, 0.2) is 17.3 Å². The van der Waals surface area contributed by atoms with E-state index in [-0.39, 0.29) is 0 Å². The van der Waals surface area contributed by atoms with Gasteiger partial charge in [-0.1, -0.05) is 18.5 Å². The number of aryl methyl sites for hydroxylation is 1. The van der Waals surface area contributed by atoms with Gasteiger partial charge in [0.25, 0.3) is 0 Å². The molecule has 0 fully saturated rings. The fourth-order valence-electron chi connectivity index (χ4n) is 2.36. The normalized spacial score (nSPS) is 13.5. The fourth-order valence-corrected chi connectivity index (χ4v) is 2.63. The number of hydrogen-bond donors (Lipinski definition) is 1. The largest absolute Gasteiger partial charge is 0.357 e. The first-order valence-electron chi connectivity index (χ1n) is 8.39. The van der Waals surface area contributed by atoms with Gasteiger partial charge in [0.1, 0.15) is 0 Å². The zero-order valence-corrected chi connectivity index (χ0v) is 16.2. The van der Waals surface area contributed by atoms with Gasteiger partial charge in [-0.05, 0) is 33.4 Å². The van der Waals surface area contributed by atoms with Crippen LogP contribution in [0.2, 0.25) is 5.02 Å². The van der Waals surface area contributed by atoms with Crippen LogP contribution in [-0.2, 0) is 13.6 Å². The van der Waals surface area contributed by atoms with Gasteiger partial charge in [-0.15, -0.1) is 0 Å². The lowest BCUT2D eigenvalue weighted by Crippen LogP contribution is -2.39. The number of nitrogens with one attached hydrogen (secondary N) is 1. The first-order valence-corrected chi connectivity index (χ1v) is 8.77. The topological polar surface area (TPSA) is 35.8 Å². The van der Waals surface area contributed by atoms with Crippen molar-refractivity contribution < 1.29 is 0 Å². The van der Waals surface area contributed by atoms with Crippen molar-refractivity contribution >= 4 is 17.6 Å². The Morgan fingerprint density at radius 3 is 2.61 bits per heavy atom. The highest BCUT2D eigenvalue weighted by atomic mass is 35.5. The first kappa shape index (κ1) is 19.8. The number of guanidine groups is 1. The SMILES string of the molecule is CCNC(=NCCN(C)C(C)CC)N(C)Cc1cc(Cl)cn1C. The van der Waals surface area contributed by atoms with Gasteiger partial charge in [-0.3, -0.25) is 4.99 Å². The second-order valence-electron chi connectivity index (χ2n) is 6.09. The van der Waals surface area contributed by atoms with Crippen LogP contribution in [0.4, 0.5) is 0 Å². The standard InChI is InChI=1S/C17H32ClN5/c1-7-14(3)21(4)10-9-20-17(19-8-2)23(6)13-16-11-15(18)12-22(16)5/h11-12,14H,7-10,13H2,1-6H3,(H,19,20). The summed E-state index contributed by atoms with van der Waals surface area (Å²) in [5.41, 5.74) is 1.17. The molecule has 1 aromatic rings. The Morgan fingerprint density at radius 1 is 1.39 bits per heavy atom. The van der Waals surface area contributed by atoms with Crippen LogP contribution >= 0.6 is 11.6 Å². The minimum absolute atomic E-state index is 0.594. The maximum Gasteiger partial charge on any atom is 0.194 e. The van der Waals surface area contributed by atoms with E-state index >= 15 is 0 Å². The molecule has 0 aliphatic rings. The zero-order chi connectivity index (χ0) is 17.4. The molecule has 0 bridgehead atoms. The Balaban J connectivity index is 2.65. The average molecular weight is 342 g/mol. The van der Waals surface area contributed by atoms with Gasteiger partial charge in [-0.2, -0.15) is 0 Å². The van der Waals surface area contributed by atoms with Gasteiger partial charge >= 0.3 is 0 Å². The van der Waals surface area contributed by atoms with Crippen molar-refractivity contribution in [3.8, 4) is 0 Å². The third-order valence-electron chi connectivity index (χ3n) is 4.23. The van der Waals surface area contributed by atoms with E-state index in [1.807, 2.05) is 19.3 Å². The van der Waals surface area contributed by atoms with E-state index < -0.39 is 0 Å². The Bertz CT molecular complexity index is 497. The van der Waals surface area contributed by atoms with Crippen LogP contribution in [0.5, 0.6) is 0 Å². The average Bonchev–Trinajstić information content (AvgIpc) is 2.82. The number of halogens is 1. The molecule has 23 heavy (non-hydrogen) atoms. The van der Waals surface area contributed by atoms with Gasteiger partial charge in [0.05, 0.1) is 18.1 Å². The van der Waals surface area contributed by atoms with Crippen LogP contribution in [0.1, 0.15) is 32.9 Å². The van der Waals surface area contributed by atoms with Crippen LogP contribution in [-0.4, -0.2) is 60.1 Å². The number of hydrogen-bond acceptors (Lipinski definition) is 2. The monoisotopic (exact) mass is 341 g/mol. The van der Waals surface area contributed by atoms with Crippen molar-refractivity contribution in [3.63, 3.8) is 0 Å². The fraction of sp³-hybridized carbons (Fsp3) is 0.706. The van der Waals surface area contributed by atoms with E-state index in [1.165, 1.54) is 5.69 Å². The third kappa shape index (κ3) is 6.43. The second kappa shape index (κ2) is 9.83. The van der Waals surface area contributed by atoms with Crippen molar-refractivity contribution in [2.45, 2.75) is 39.8 Å². The Morgan fingerprint density at radius 2 is 2.09 bits per heavy atom. The molecule has 1 atom stereocenters. The van der Waals surface area contributed by atoms with Gasteiger partial charge in [-0.25, -0.2) is 0 Å². The smallest absolute Gasteiger partial charge is 0.194 e. The lowest BCUT2D eigenvalue weighted by atomic mass is 10.2. The van der Waals surface area contributed by atoms with E-state index in [0.717, 1.165) is 43.6 Å². The molecule has 0 radical (unpaired) electrons. The molecule has 1 N–H and O–H groups in total. The number of aromatic nitrogens is 1. The second-order valence-corrected chi connectivity index (χ2v) is 6.53. The van der Waals surface area contributed by atoms with Crippen molar-refractivity contribution in [1.82, 2.24) is 19.7 Å². The number of rotatable bonds is 8. The molecule has 0 saturated heterocycles. The molecule has 1 unspecified atom stereocenters. The molecular formula is C17H32ClN5. The zero-order valence-electron chi connectivity index (χ0n) is 15.4. The predicted molar refractivity (Wildman–Crippen MR) is 100 cm³/mol. The Hall–Kier alpha value is -1.20. The highest BCUT2D eigenvalue weighted by molar-refractivity contribution is 6.30. The predicted octanol–water partition coefficient (Wildman–Crippen LogP) is 2.81. The number of aliphatic imine (C=N–C) groups is 1. The van der Waals surface area contributed by atoms with E-state index in [0.29, 0.717) is 6.04 Å². The molecule has 1 aromatic heterocycles. The van der Waals surface area contributed by atoms with Crippen molar-refractivity contribution in [2.75, 3.05) is 33.7 Å². The molecule has 1 rings (SSSR count). The summed E-state index contributed by atoms with van der Waals surface area (Å²) in [6.45, 7) is 9.95. The molecule has 0 spiro atoms. The molecule has 5 nitrogen and oxygen atoms in total. The molecule has 0 amide bonds. The molecule has 6 heteroatoms. The summed E-state index contributed by atoms with van der Waals surface area (Å²) in [5, 5.41) is 4.13. The minimum Gasteiger partial charge on any atom is -0.357 e. The van der Waals surface area contributed by atoms with Gasteiger partial charge in [0, 0.05) is 45.1 Å². The van der Waals surface area contributed by atoms with E-state index in [1.54, 1.807) is 0 Å². The van der Waals surface area contributed by atoms with Crippen LogP contribution in [0.3, 0.4) is 0 Å². The highest BCUT2D eigenvalue weighted by Crippen LogP contribution is 2.14. The summed E-state index contributed by atoms with van der Waals surface area (Å²) in [6, 6.07) is 2.59. The van der Waals surface area contributed by atoms with Crippen molar-refractivity contribution in [2.24, 2.45) is 12.0 Å². The lowest BCUT2D eigenvalue weighted by Gasteiger charge is -2.24. The summed E-state index contributed by atoms with van der Waals surface area (Å²) >= 11 is 6.06. The maximum atomic E-state index is 6.06. The molecule has 0 aliphatic heterocycles.